The molecule has 1 fully saturated rings. The van der Waals surface area contributed by atoms with Gasteiger partial charge in [-0.25, -0.2) is 0 Å². The molecule has 1 aliphatic rings. The third-order valence-corrected chi connectivity index (χ3v) is 5.01. The number of alkyl halides is 3. The molecule has 0 saturated carbocycles. The van der Waals surface area contributed by atoms with E-state index in [1.165, 1.54) is 12.1 Å². The van der Waals surface area contributed by atoms with Crippen molar-refractivity contribution in [2.45, 2.75) is 38.3 Å². The van der Waals surface area contributed by atoms with Gasteiger partial charge in [0.15, 0.2) is 5.96 Å². The van der Waals surface area contributed by atoms with Crippen molar-refractivity contribution in [3.05, 3.63) is 35.4 Å². The van der Waals surface area contributed by atoms with Crippen molar-refractivity contribution < 1.29 is 22.6 Å². The number of nitrogens with zero attached hydrogens (tertiary/aromatic N) is 1. The highest BCUT2D eigenvalue weighted by molar-refractivity contribution is 14.0. The number of ether oxygens (including phenoxy) is 2. The molecule has 0 bridgehead atoms. The van der Waals surface area contributed by atoms with Crippen LogP contribution in [0.3, 0.4) is 0 Å². The van der Waals surface area contributed by atoms with Crippen LogP contribution in [0.4, 0.5) is 13.2 Å². The Hall–Kier alpha value is -1.07. The van der Waals surface area contributed by atoms with E-state index in [1.54, 1.807) is 13.1 Å². The van der Waals surface area contributed by atoms with Crippen LogP contribution in [0.1, 0.15) is 43.2 Å². The van der Waals surface area contributed by atoms with Gasteiger partial charge in [-0.1, -0.05) is 25.1 Å². The standard InChI is InChI=1S/C21H32F3N3O2.HI/c1-16(18-5-3-6-19(13-18)21(22,23)24)7-10-27-20(25-2)26-9-4-11-28-14-17-8-12-29-15-17;/h3,5-6,13,16-17H,4,7-12,14-15H2,1-2H3,(H2,25,26,27);1H. The quantitative estimate of drug-likeness (QED) is 0.199. The zero-order valence-corrected chi connectivity index (χ0v) is 20.0. The predicted octanol–water partition coefficient (Wildman–Crippen LogP) is 4.43. The zero-order chi connectivity index (χ0) is 21.1. The molecule has 9 heteroatoms. The first kappa shape index (κ1) is 27.0. The van der Waals surface area contributed by atoms with Crippen molar-refractivity contribution in [2.24, 2.45) is 10.9 Å². The molecule has 1 heterocycles. The van der Waals surface area contributed by atoms with E-state index in [0.29, 0.717) is 37.0 Å². The highest BCUT2D eigenvalue weighted by Crippen LogP contribution is 2.31. The summed E-state index contributed by atoms with van der Waals surface area (Å²) in [5, 5.41) is 6.44. The molecule has 5 nitrogen and oxygen atoms in total. The Morgan fingerprint density at radius 3 is 2.73 bits per heavy atom. The van der Waals surface area contributed by atoms with Gasteiger partial charge in [0.05, 0.1) is 18.8 Å². The molecule has 0 amide bonds. The Bertz CT molecular complexity index is 638. The second-order valence-electron chi connectivity index (χ2n) is 7.40. The molecule has 0 aromatic heterocycles. The van der Waals surface area contributed by atoms with Gasteiger partial charge in [-0.2, -0.15) is 13.2 Å². The van der Waals surface area contributed by atoms with Crippen molar-refractivity contribution >= 4 is 29.9 Å². The van der Waals surface area contributed by atoms with Crippen molar-refractivity contribution in [1.29, 1.82) is 0 Å². The molecule has 2 rings (SSSR count). The summed E-state index contributed by atoms with van der Waals surface area (Å²) < 4.78 is 49.6. The van der Waals surface area contributed by atoms with Crippen LogP contribution in [0.5, 0.6) is 0 Å². The molecule has 2 unspecified atom stereocenters. The van der Waals surface area contributed by atoms with Crippen LogP contribution in [0.2, 0.25) is 0 Å². The number of guanidine groups is 1. The fraction of sp³-hybridized carbons (Fsp3) is 0.667. The minimum absolute atomic E-state index is 0. The van der Waals surface area contributed by atoms with E-state index in [0.717, 1.165) is 45.3 Å². The smallest absolute Gasteiger partial charge is 0.381 e. The van der Waals surface area contributed by atoms with Gasteiger partial charge >= 0.3 is 6.18 Å². The number of aliphatic imine (C=N–C) groups is 1. The van der Waals surface area contributed by atoms with E-state index in [2.05, 4.69) is 15.6 Å². The summed E-state index contributed by atoms with van der Waals surface area (Å²) in [6.45, 7) is 6.37. The fourth-order valence-corrected chi connectivity index (χ4v) is 3.16. The number of benzene rings is 1. The second-order valence-corrected chi connectivity index (χ2v) is 7.40. The molecular formula is C21H33F3IN3O2. The summed E-state index contributed by atoms with van der Waals surface area (Å²) in [5.74, 6) is 1.22. The Labute approximate surface area is 194 Å². The average molecular weight is 543 g/mol. The van der Waals surface area contributed by atoms with E-state index >= 15 is 0 Å². The molecule has 30 heavy (non-hydrogen) atoms. The van der Waals surface area contributed by atoms with Gasteiger partial charge in [0.1, 0.15) is 0 Å². The van der Waals surface area contributed by atoms with E-state index in [-0.39, 0.29) is 29.9 Å². The summed E-state index contributed by atoms with van der Waals surface area (Å²) in [6.07, 6.45) is -1.66. The SMILES string of the molecule is CN=C(NCCCOCC1CCOC1)NCCC(C)c1cccc(C(F)(F)F)c1.I. The third kappa shape index (κ3) is 9.82. The minimum Gasteiger partial charge on any atom is -0.381 e. The number of halogens is 4. The molecule has 0 aliphatic carbocycles. The van der Waals surface area contributed by atoms with Crippen LogP contribution in [0.25, 0.3) is 0 Å². The normalized spacial score (nSPS) is 18.0. The van der Waals surface area contributed by atoms with Crippen molar-refractivity contribution in [2.75, 3.05) is 46.6 Å². The van der Waals surface area contributed by atoms with Crippen LogP contribution in [-0.4, -0.2) is 52.5 Å². The molecule has 1 aliphatic heterocycles. The number of rotatable bonds is 10. The maximum Gasteiger partial charge on any atom is 0.416 e. The Kier molecular flexibility index (Phi) is 12.7. The first-order valence-corrected chi connectivity index (χ1v) is 10.2. The van der Waals surface area contributed by atoms with E-state index in [9.17, 15) is 13.2 Å². The van der Waals surface area contributed by atoms with Crippen molar-refractivity contribution in [1.82, 2.24) is 10.6 Å². The lowest BCUT2D eigenvalue weighted by atomic mass is 9.96. The Morgan fingerprint density at radius 1 is 1.30 bits per heavy atom. The number of hydrogen-bond donors (Lipinski definition) is 2. The van der Waals surface area contributed by atoms with Crippen LogP contribution < -0.4 is 10.6 Å². The van der Waals surface area contributed by atoms with Gasteiger partial charge in [0.25, 0.3) is 0 Å². The van der Waals surface area contributed by atoms with Gasteiger partial charge in [0.2, 0.25) is 0 Å². The van der Waals surface area contributed by atoms with Crippen LogP contribution in [0, 0.1) is 5.92 Å². The summed E-state index contributed by atoms with van der Waals surface area (Å²) in [4.78, 5) is 4.17. The van der Waals surface area contributed by atoms with Gasteiger partial charge in [-0.05, 0) is 36.8 Å². The van der Waals surface area contributed by atoms with E-state index < -0.39 is 11.7 Å². The molecular weight excluding hydrogens is 510 g/mol. The van der Waals surface area contributed by atoms with Crippen LogP contribution in [-0.2, 0) is 15.7 Å². The first-order chi connectivity index (χ1) is 13.9. The third-order valence-electron chi connectivity index (χ3n) is 5.01. The van der Waals surface area contributed by atoms with Gasteiger partial charge < -0.3 is 20.1 Å². The molecule has 1 saturated heterocycles. The highest BCUT2D eigenvalue weighted by atomic mass is 127. The molecule has 0 spiro atoms. The Balaban J connectivity index is 0.00000450. The number of nitrogens with one attached hydrogen (secondary N) is 2. The van der Waals surface area contributed by atoms with Crippen molar-refractivity contribution in [3.63, 3.8) is 0 Å². The topological polar surface area (TPSA) is 54.9 Å². The first-order valence-electron chi connectivity index (χ1n) is 10.2. The number of hydrogen-bond acceptors (Lipinski definition) is 3. The summed E-state index contributed by atoms with van der Waals surface area (Å²) in [6, 6.07) is 5.54. The molecule has 2 N–H and O–H groups in total. The fourth-order valence-electron chi connectivity index (χ4n) is 3.16. The maximum atomic E-state index is 12.9. The van der Waals surface area contributed by atoms with Gasteiger partial charge in [0, 0.05) is 39.3 Å². The summed E-state index contributed by atoms with van der Waals surface area (Å²) >= 11 is 0. The predicted molar refractivity (Wildman–Crippen MR) is 124 cm³/mol. The highest BCUT2D eigenvalue weighted by Gasteiger charge is 2.30. The van der Waals surface area contributed by atoms with Crippen LogP contribution >= 0.6 is 24.0 Å². The Morgan fingerprint density at radius 2 is 2.07 bits per heavy atom. The van der Waals surface area contributed by atoms with Crippen molar-refractivity contribution in [3.8, 4) is 0 Å². The van der Waals surface area contributed by atoms with Gasteiger partial charge in [-0.15, -0.1) is 24.0 Å². The molecule has 172 valence electrons. The minimum atomic E-state index is -4.31. The molecule has 1 aromatic rings. The van der Waals surface area contributed by atoms with Crippen LogP contribution in [0.15, 0.2) is 29.3 Å². The van der Waals surface area contributed by atoms with E-state index in [4.69, 9.17) is 9.47 Å². The molecule has 0 radical (unpaired) electrons. The zero-order valence-electron chi connectivity index (χ0n) is 17.6. The lowest BCUT2D eigenvalue weighted by Crippen LogP contribution is -2.38. The maximum absolute atomic E-state index is 12.9. The van der Waals surface area contributed by atoms with Gasteiger partial charge in [-0.3, -0.25) is 4.99 Å². The summed E-state index contributed by atoms with van der Waals surface area (Å²) in [7, 11) is 1.70. The lowest BCUT2D eigenvalue weighted by molar-refractivity contribution is -0.137. The second kappa shape index (κ2) is 14.1. The monoisotopic (exact) mass is 543 g/mol. The van der Waals surface area contributed by atoms with E-state index in [1.807, 2.05) is 6.92 Å². The largest absolute Gasteiger partial charge is 0.416 e. The summed E-state index contributed by atoms with van der Waals surface area (Å²) in [5.41, 5.74) is 0.0874. The molecule has 2 atom stereocenters. The lowest BCUT2D eigenvalue weighted by Gasteiger charge is -2.16. The molecule has 1 aromatic carbocycles. The average Bonchev–Trinajstić information content (AvgIpc) is 3.22.